The molecule has 4 N–H and O–H groups in total. The van der Waals surface area contributed by atoms with Gasteiger partial charge in [-0.2, -0.15) is 0 Å². The van der Waals surface area contributed by atoms with Crippen LogP contribution in [0.5, 0.6) is 0 Å². The lowest BCUT2D eigenvalue weighted by Crippen LogP contribution is -2.35. The van der Waals surface area contributed by atoms with Gasteiger partial charge < -0.3 is 16.2 Å². The molecule has 0 radical (unpaired) electrons. The summed E-state index contributed by atoms with van der Waals surface area (Å²) in [6, 6.07) is 3.29. The first-order valence-electron chi connectivity index (χ1n) is 7.03. The van der Waals surface area contributed by atoms with Crippen molar-refractivity contribution in [1.29, 1.82) is 0 Å². The van der Waals surface area contributed by atoms with E-state index in [1.807, 2.05) is 0 Å². The van der Waals surface area contributed by atoms with Crippen molar-refractivity contribution in [2.75, 3.05) is 5.32 Å². The van der Waals surface area contributed by atoms with Crippen LogP contribution in [0.15, 0.2) is 18.2 Å². The maximum Gasteiger partial charge on any atom is 0.316 e. The van der Waals surface area contributed by atoms with Crippen molar-refractivity contribution in [2.24, 2.45) is 17.6 Å². The monoisotopic (exact) mass is 308 g/mol. The summed E-state index contributed by atoms with van der Waals surface area (Å²) in [7, 11) is 0. The number of nitrogens with one attached hydrogen (secondary N) is 1. The van der Waals surface area contributed by atoms with Crippen molar-refractivity contribution < 1.29 is 23.9 Å². The highest BCUT2D eigenvalue weighted by molar-refractivity contribution is 6.05. The van der Waals surface area contributed by atoms with Gasteiger partial charge in [0.05, 0.1) is 5.69 Å². The molecule has 118 valence electrons. The molecule has 1 fully saturated rings. The summed E-state index contributed by atoms with van der Waals surface area (Å²) in [6.07, 6.45) is 3.09. The molecule has 1 aliphatic carbocycles. The minimum Gasteiger partial charge on any atom is -0.481 e. The van der Waals surface area contributed by atoms with Gasteiger partial charge >= 0.3 is 5.97 Å². The minimum absolute atomic E-state index is 0.0319. The third kappa shape index (κ3) is 3.41. The zero-order valence-corrected chi connectivity index (χ0v) is 11.8. The third-order valence-corrected chi connectivity index (χ3v) is 3.93. The molecule has 1 aromatic carbocycles. The summed E-state index contributed by atoms with van der Waals surface area (Å²) in [5.41, 5.74) is 4.89. The van der Waals surface area contributed by atoms with Gasteiger partial charge in [-0.05, 0) is 37.0 Å². The van der Waals surface area contributed by atoms with Gasteiger partial charge in [0.25, 0.3) is 0 Å². The Labute approximate surface area is 126 Å². The van der Waals surface area contributed by atoms with E-state index in [0.717, 1.165) is 25.0 Å². The van der Waals surface area contributed by atoms with Crippen LogP contribution >= 0.6 is 0 Å². The predicted octanol–water partition coefficient (Wildman–Crippen LogP) is 1.75. The first-order chi connectivity index (χ1) is 10.4. The number of anilines is 1. The number of hydrogen-bond acceptors (Lipinski definition) is 3. The fourth-order valence-electron chi connectivity index (χ4n) is 2.80. The fourth-order valence-corrected chi connectivity index (χ4v) is 2.80. The highest BCUT2D eigenvalue weighted by atomic mass is 19.1. The Morgan fingerprint density at radius 3 is 2.45 bits per heavy atom. The Morgan fingerprint density at radius 2 is 1.91 bits per heavy atom. The lowest BCUT2D eigenvalue weighted by atomic mass is 9.90. The fraction of sp³-hybridized carbons (Fsp3) is 0.400. The number of primary amides is 1. The second kappa shape index (κ2) is 6.55. The molecule has 1 saturated carbocycles. The number of rotatable bonds is 5. The van der Waals surface area contributed by atoms with Crippen LogP contribution in [-0.2, 0) is 9.59 Å². The number of amides is 2. The predicted molar refractivity (Wildman–Crippen MR) is 76.6 cm³/mol. The van der Waals surface area contributed by atoms with Gasteiger partial charge in [0.2, 0.25) is 11.8 Å². The average molecular weight is 308 g/mol. The van der Waals surface area contributed by atoms with E-state index in [1.165, 1.54) is 6.07 Å². The molecule has 2 rings (SSSR count). The van der Waals surface area contributed by atoms with Crippen LogP contribution in [0.4, 0.5) is 10.1 Å². The van der Waals surface area contributed by atoms with E-state index >= 15 is 0 Å². The smallest absolute Gasteiger partial charge is 0.316 e. The van der Waals surface area contributed by atoms with E-state index in [0.29, 0.717) is 12.8 Å². The molecule has 6 nitrogen and oxygen atoms in total. The van der Waals surface area contributed by atoms with Crippen LogP contribution in [0, 0.1) is 17.7 Å². The normalized spacial score (nSPS) is 16.2. The Hall–Kier alpha value is -2.44. The Bertz CT molecular complexity index is 612. The molecular weight excluding hydrogens is 291 g/mol. The number of nitrogens with two attached hydrogens (primary N) is 1. The number of carboxylic acids is 1. The minimum atomic E-state index is -1.23. The summed E-state index contributed by atoms with van der Waals surface area (Å²) in [6.45, 7) is 0. The van der Waals surface area contributed by atoms with Gasteiger partial charge in [-0.25, -0.2) is 4.39 Å². The van der Waals surface area contributed by atoms with Crippen molar-refractivity contribution in [3.8, 4) is 0 Å². The van der Waals surface area contributed by atoms with Crippen LogP contribution < -0.4 is 11.1 Å². The number of carbonyl (C=O) groups excluding carboxylic acids is 2. The second-order valence-corrected chi connectivity index (χ2v) is 5.41. The Balaban J connectivity index is 2.20. The average Bonchev–Trinajstić information content (AvgIpc) is 2.94. The maximum atomic E-state index is 13.7. The molecule has 22 heavy (non-hydrogen) atoms. The lowest BCUT2D eigenvalue weighted by molar-refractivity contribution is -0.147. The first kappa shape index (κ1) is 15.9. The molecule has 1 aromatic rings. The number of carbonyl (C=O) groups is 3. The highest BCUT2D eigenvalue weighted by Gasteiger charge is 2.36. The quantitative estimate of drug-likeness (QED) is 0.720. The van der Waals surface area contributed by atoms with Crippen molar-refractivity contribution in [3.63, 3.8) is 0 Å². The largest absolute Gasteiger partial charge is 0.481 e. The van der Waals surface area contributed by atoms with Crippen LogP contribution in [0.3, 0.4) is 0 Å². The summed E-state index contributed by atoms with van der Waals surface area (Å²) in [5, 5.41) is 11.5. The van der Waals surface area contributed by atoms with Crippen LogP contribution in [0.2, 0.25) is 0 Å². The summed E-state index contributed by atoms with van der Waals surface area (Å²) in [5.74, 6) is -5.00. The molecule has 0 aromatic heterocycles. The molecular formula is C15H17FN2O4. The van der Waals surface area contributed by atoms with E-state index in [-0.39, 0.29) is 17.2 Å². The molecule has 0 saturated heterocycles. The van der Waals surface area contributed by atoms with Crippen LogP contribution in [0.1, 0.15) is 36.0 Å². The molecule has 1 atom stereocenters. The van der Waals surface area contributed by atoms with Crippen molar-refractivity contribution >= 4 is 23.5 Å². The lowest BCUT2D eigenvalue weighted by Gasteiger charge is -2.19. The van der Waals surface area contributed by atoms with E-state index in [4.69, 9.17) is 5.73 Å². The van der Waals surface area contributed by atoms with Crippen LogP contribution in [-0.4, -0.2) is 22.9 Å². The Kier molecular flexibility index (Phi) is 4.75. The van der Waals surface area contributed by atoms with Gasteiger partial charge in [-0.1, -0.05) is 12.8 Å². The molecule has 1 aliphatic rings. The topological polar surface area (TPSA) is 109 Å². The van der Waals surface area contributed by atoms with Gasteiger partial charge in [0.15, 0.2) is 0 Å². The first-order valence-corrected chi connectivity index (χ1v) is 7.03. The number of carboxylic acid groups (broad SMARTS) is 1. The SMILES string of the molecule is NC(=O)c1ccc(F)c(NC(=O)C(C(=O)O)C2CCCC2)c1. The van der Waals surface area contributed by atoms with Crippen LogP contribution in [0.25, 0.3) is 0 Å². The van der Waals surface area contributed by atoms with E-state index in [9.17, 15) is 23.9 Å². The molecule has 0 bridgehead atoms. The Morgan fingerprint density at radius 1 is 1.27 bits per heavy atom. The zero-order valence-electron chi connectivity index (χ0n) is 11.8. The number of halogens is 1. The number of benzene rings is 1. The van der Waals surface area contributed by atoms with Gasteiger partial charge in [0, 0.05) is 5.56 Å². The molecule has 0 spiro atoms. The second-order valence-electron chi connectivity index (χ2n) is 5.41. The summed E-state index contributed by atoms with van der Waals surface area (Å²) >= 11 is 0. The van der Waals surface area contributed by atoms with E-state index in [2.05, 4.69) is 5.32 Å². The number of hydrogen-bond donors (Lipinski definition) is 3. The standard InChI is InChI=1S/C15H17FN2O4/c16-10-6-5-9(13(17)19)7-11(10)18-14(20)12(15(21)22)8-3-1-2-4-8/h5-8,12H,1-4H2,(H2,17,19)(H,18,20)(H,21,22). The summed E-state index contributed by atoms with van der Waals surface area (Å²) < 4.78 is 13.7. The van der Waals surface area contributed by atoms with Crippen molar-refractivity contribution in [1.82, 2.24) is 0 Å². The molecule has 1 unspecified atom stereocenters. The van der Waals surface area contributed by atoms with E-state index < -0.39 is 29.5 Å². The third-order valence-electron chi connectivity index (χ3n) is 3.93. The van der Waals surface area contributed by atoms with Gasteiger partial charge in [-0.15, -0.1) is 0 Å². The van der Waals surface area contributed by atoms with Gasteiger partial charge in [0.1, 0.15) is 11.7 Å². The molecule has 0 heterocycles. The zero-order chi connectivity index (χ0) is 16.3. The summed E-state index contributed by atoms with van der Waals surface area (Å²) in [4.78, 5) is 34.6. The molecule has 7 heteroatoms. The highest BCUT2D eigenvalue weighted by Crippen LogP contribution is 2.32. The van der Waals surface area contributed by atoms with Gasteiger partial charge in [-0.3, -0.25) is 14.4 Å². The van der Waals surface area contributed by atoms with Crippen molar-refractivity contribution in [2.45, 2.75) is 25.7 Å². The van der Waals surface area contributed by atoms with E-state index in [1.54, 1.807) is 0 Å². The maximum absolute atomic E-state index is 13.7. The van der Waals surface area contributed by atoms with Crippen molar-refractivity contribution in [3.05, 3.63) is 29.6 Å². The molecule has 2 amide bonds. The number of aliphatic carboxylic acids is 1. The molecule has 0 aliphatic heterocycles.